The number of anilines is 1. The number of nitrogens with one attached hydrogen (secondary N) is 1. The first-order valence-corrected chi connectivity index (χ1v) is 10.1. The van der Waals surface area contributed by atoms with Crippen molar-refractivity contribution < 1.29 is 4.79 Å². The Labute approximate surface area is 146 Å². The number of Topliss-reactive ketones (excluding diaryl/α,β-unsaturated/α-hetero) is 1. The monoisotopic (exact) mass is 361 g/mol. The second-order valence-corrected chi connectivity index (χ2v) is 8.81. The highest BCUT2D eigenvalue weighted by molar-refractivity contribution is 8.01. The Morgan fingerprint density at radius 3 is 2.91 bits per heavy atom. The largest absolute Gasteiger partial charge is 0.357 e. The lowest BCUT2D eigenvalue weighted by atomic mass is 10.1. The van der Waals surface area contributed by atoms with Crippen molar-refractivity contribution in [3.8, 4) is 0 Å². The minimum Gasteiger partial charge on any atom is -0.357 e. The molecule has 0 spiro atoms. The summed E-state index contributed by atoms with van der Waals surface area (Å²) < 4.78 is 2.02. The molecular formula is C16H15N3OS3. The molecule has 0 saturated heterocycles. The Hall–Kier alpha value is -1.44. The van der Waals surface area contributed by atoms with Gasteiger partial charge in [0.2, 0.25) is 5.13 Å². The normalized spacial score (nSPS) is 14.3. The van der Waals surface area contributed by atoms with Crippen LogP contribution in [0.15, 0.2) is 28.6 Å². The molecule has 1 aliphatic carbocycles. The number of ketones is 1. The fourth-order valence-corrected chi connectivity index (χ4v) is 5.30. The minimum absolute atomic E-state index is 0.167. The molecule has 1 fully saturated rings. The first-order valence-electron chi connectivity index (χ1n) is 7.45. The van der Waals surface area contributed by atoms with Crippen molar-refractivity contribution in [1.29, 1.82) is 0 Å². The summed E-state index contributed by atoms with van der Waals surface area (Å²) in [4.78, 5) is 13.4. The molecule has 0 bridgehead atoms. The van der Waals surface area contributed by atoms with Gasteiger partial charge >= 0.3 is 0 Å². The van der Waals surface area contributed by atoms with E-state index in [1.54, 1.807) is 11.3 Å². The van der Waals surface area contributed by atoms with Gasteiger partial charge in [-0.25, -0.2) is 0 Å². The standard InChI is InChI=1S/C16H15N3OS3/c1-9-11-4-2-3-5-13(11)22-14(9)12(20)8-21-16-19-18-15(23-16)17-10-6-7-10/h2-5,10H,6-8H2,1H3,(H,17,18). The Morgan fingerprint density at radius 1 is 1.30 bits per heavy atom. The number of fused-ring (bicyclic) bond motifs is 1. The third-order valence-corrected chi connectivity index (χ3v) is 7.04. The van der Waals surface area contributed by atoms with Crippen molar-refractivity contribution in [2.24, 2.45) is 0 Å². The van der Waals surface area contributed by atoms with Gasteiger partial charge in [0.25, 0.3) is 0 Å². The van der Waals surface area contributed by atoms with Crippen LogP contribution in [0.4, 0.5) is 5.13 Å². The molecule has 0 unspecified atom stereocenters. The number of benzene rings is 1. The summed E-state index contributed by atoms with van der Waals surface area (Å²) in [6, 6.07) is 8.74. The second-order valence-electron chi connectivity index (χ2n) is 5.56. The third kappa shape index (κ3) is 3.27. The minimum atomic E-state index is 0.167. The molecule has 0 radical (unpaired) electrons. The molecule has 0 atom stereocenters. The molecule has 4 rings (SSSR count). The fraction of sp³-hybridized carbons (Fsp3) is 0.312. The lowest BCUT2D eigenvalue weighted by molar-refractivity contribution is 0.102. The van der Waals surface area contributed by atoms with Crippen molar-refractivity contribution >= 4 is 55.4 Å². The summed E-state index contributed by atoms with van der Waals surface area (Å²) in [7, 11) is 0. The Balaban J connectivity index is 1.44. The van der Waals surface area contributed by atoms with Crippen LogP contribution in [-0.4, -0.2) is 27.8 Å². The average molecular weight is 362 g/mol. The summed E-state index contributed by atoms with van der Waals surface area (Å²) in [6.07, 6.45) is 2.43. The summed E-state index contributed by atoms with van der Waals surface area (Å²) in [5, 5.41) is 13.6. The third-order valence-electron chi connectivity index (χ3n) is 3.74. The number of aryl methyl sites for hydroxylation is 1. The van der Waals surface area contributed by atoms with E-state index in [0.717, 1.165) is 19.9 Å². The van der Waals surface area contributed by atoms with Gasteiger partial charge in [-0.2, -0.15) is 0 Å². The van der Waals surface area contributed by atoms with E-state index >= 15 is 0 Å². The number of hydrogen-bond acceptors (Lipinski definition) is 7. The molecule has 0 aliphatic heterocycles. The van der Waals surface area contributed by atoms with Gasteiger partial charge in [0.05, 0.1) is 10.6 Å². The average Bonchev–Trinajstić information content (AvgIpc) is 3.15. The van der Waals surface area contributed by atoms with Crippen LogP contribution in [0.2, 0.25) is 0 Å². The van der Waals surface area contributed by atoms with Gasteiger partial charge < -0.3 is 5.32 Å². The van der Waals surface area contributed by atoms with Gasteiger partial charge in [-0.05, 0) is 36.8 Å². The summed E-state index contributed by atoms with van der Waals surface area (Å²) in [5.74, 6) is 0.576. The summed E-state index contributed by atoms with van der Waals surface area (Å²) >= 11 is 4.58. The molecule has 0 amide bonds. The lowest BCUT2D eigenvalue weighted by Gasteiger charge is -1.98. The molecule has 2 heterocycles. The van der Waals surface area contributed by atoms with Crippen molar-refractivity contribution in [2.45, 2.75) is 30.1 Å². The van der Waals surface area contributed by atoms with E-state index < -0.39 is 0 Å². The number of carbonyl (C=O) groups excluding carboxylic acids is 1. The highest BCUT2D eigenvalue weighted by Gasteiger charge is 2.22. The van der Waals surface area contributed by atoms with Crippen LogP contribution < -0.4 is 5.32 Å². The van der Waals surface area contributed by atoms with E-state index in [1.165, 1.54) is 46.0 Å². The van der Waals surface area contributed by atoms with Crippen LogP contribution in [0.25, 0.3) is 10.1 Å². The first-order chi connectivity index (χ1) is 11.2. The van der Waals surface area contributed by atoms with E-state index in [2.05, 4.69) is 27.6 Å². The highest BCUT2D eigenvalue weighted by atomic mass is 32.2. The van der Waals surface area contributed by atoms with E-state index in [1.807, 2.05) is 19.1 Å². The van der Waals surface area contributed by atoms with Gasteiger partial charge in [0, 0.05) is 10.7 Å². The van der Waals surface area contributed by atoms with Gasteiger partial charge in [-0.1, -0.05) is 41.3 Å². The fourth-order valence-electron chi connectivity index (χ4n) is 2.36. The Kier molecular flexibility index (Phi) is 4.09. The molecule has 3 aromatic rings. The highest BCUT2D eigenvalue weighted by Crippen LogP contribution is 2.33. The smallest absolute Gasteiger partial charge is 0.206 e. The zero-order valence-corrected chi connectivity index (χ0v) is 15.0. The second kappa shape index (κ2) is 6.22. The van der Waals surface area contributed by atoms with Gasteiger partial charge in [0.15, 0.2) is 10.1 Å². The number of carbonyl (C=O) groups is 1. The molecule has 1 saturated carbocycles. The molecule has 1 N–H and O–H groups in total. The van der Waals surface area contributed by atoms with E-state index in [9.17, 15) is 4.79 Å². The van der Waals surface area contributed by atoms with Crippen LogP contribution in [0, 0.1) is 6.92 Å². The lowest BCUT2D eigenvalue weighted by Crippen LogP contribution is -2.01. The molecule has 1 aromatic carbocycles. The molecule has 23 heavy (non-hydrogen) atoms. The van der Waals surface area contributed by atoms with E-state index in [-0.39, 0.29) is 5.78 Å². The van der Waals surface area contributed by atoms with Crippen molar-refractivity contribution in [2.75, 3.05) is 11.1 Å². The maximum atomic E-state index is 12.5. The summed E-state index contributed by atoms with van der Waals surface area (Å²) in [6.45, 7) is 2.03. The number of nitrogens with zero attached hydrogens (tertiary/aromatic N) is 2. The van der Waals surface area contributed by atoms with E-state index in [0.29, 0.717) is 11.8 Å². The predicted molar refractivity (Wildman–Crippen MR) is 98.2 cm³/mol. The topological polar surface area (TPSA) is 54.9 Å². The van der Waals surface area contributed by atoms with Crippen molar-refractivity contribution in [1.82, 2.24) is 10.2 Å². The zero-order valence-electron chi connectivity index (χ0n) is 12.5. The van der Waals surface area contributed by atoms with Crippen LogP contribution >= 0.6 is 34.4 Å². The Morgan fingerprint density at radius 2 is 2.13 bits per heavy atom. The molecular weight excluding hydrogens is 346 g/mol. The number of rotatable bonds is 6. The number of hydrogen-bond donors (Lipinski definition) is 1. The maximum Gasteiger partial charge on any atom is 0.206 e. The van der Waals surface area contributed by atoms with Crippen LogP contribution in [0.1, 0.15) is 28.1 Å². The molecule has 118 valence electrons. The van der Waals surface area contributed by atoms with Crippen molar-refractivity contribution in [3.63, 3.8) is 0 Å². The Bertz CT molecular complexity index is 866. The van der Waals surface area contributed by atoms with Gasteiger partial charge in [-0.15, -0.1) is 21.5 Å². The van der Waals surface area contributed by atoms with Crippen LogP contribution in [0.5, 0.6) is 0 Å². The summed E-state index contributed by atoms with van der Waals surface area (Å²) in [5.41, 5.74) is 1.09. The van der Waals surface area contributed by atoms with Gasteiger partial charge in [-0.3, -0.25) is 4.79 Å². The van der Waals surface area contributed by atoms with Crippen molar-refractivity contribution in [3.05, 3.63) is 34.7 Å². The quantitative estimate of drug-likeness (QED) is 0.513. The SMILES string of the molecule is Cc1c(C(=O)CSc2nnc(NC3CC3)s2)sc2ccccc12. The van der Waals surface area contributed by atoms with Crippen LogP contribution in [0.3, 0.4) is 0 Å². The number of aromatic nitrogens is 2. The molecule has 2 aromatic heterocycles. The number of thioether (sulfide) groups is 1. The predicted octanol–water partition coefficient (Wildman–Crippen LogP) is 4.61. The maximum absolute atomic E-state index is 12.5. The molecule has 4 nitrogen and oxygen atoms in total. The number of thiophene rings is 1. The van der Waals surface area contributed by atoms with Crippen LogP contribution in [-0.2, 0) is 0 Å². The van der Waals surface area contributed by atoms with Gasteiger partial charge in [0.1, 0.15) is 0 Å². The molecule has 7 heteroatoms. The zero-order chi connectivity index (χ0) is 15.8. The van der Waals surface area contributed by atoms with E-state index in [4.69, 9.17) is 0 Å². The molecule has 1 aliphatic rings. The first kappa shape index (κ1) is 15.1.